The minimum atomic E-state index is -1.07. The van der Waals surface area contributed by atoms with Gasteiger partial charge in [0.1, 0.15) is 28.3 Å². The fraction of sp³-hybridized carbons (Fsp3) is 0.474. The Bertz CT molecular complexity index is 1730. The van der Waals surface area contributed by atoms with Gasteiger partial charge in [-0.2, -0.15) is 0 Å². The van der Waals surface area contributed by atoms with Crippen LogP contribution in [0.2, 0.25) is 10.0 Å². The fourth-order valence-corrected chi connectivity index (χ4v) is 6.78. The van der Waals surface area contributed by atoms with Crippen molar-refractivity contribution in [2.75, 3.05) is 19.7 Å². The van der Waals surface area contributed by atoms with Crippen molar-refractivity contribution >= 4 is 41.2 Å². The lowest BCUT2D eigenvalue weighted by Crippen LogP contribution is -2.58. The van der Waals surface area contributed by atoms with Crippen molar-refractivity contribution in [2.45, 2.75) is 96.9 Å². The molecule has 1 saturated heterocycles. The van der Waals surface area contributed by atoms with E-state index in [9.17, 15) is 4.79 Å². The Hall–Kier alpha value is -3.82. The van der Waals surface area contributed by atoms with E-state index in [0.717, 1.165) is 16.8 Å². The van der Waals surface area contributed by atoms with Gasteiger partial charge in [0.05, 0.1) is 18.2 Å². The summed E-state index contributed by atoms with van der Waals surface area (Å²) in [5, 5.41) is 4.12. The van der Waals surface area contributed by atoms with Gasteiger partial charge in [0, 0.05) is 46.5 Å². The Balaban J connectivity index is 1.68. The number of rotatable bonds is 6. The first-order chi connectivity index (χ1) is 22.9. The first-order valence-electron chi connectivity index (χ1n) is 16.7. The highest BCUT2D eigenvalue weighted by Crippen LogP contribution is 2.54. The van der Waals surface area contributed by atoms with Crippen molar-refractivity contribution < 1.29 is 19.1 Å². The number of nitrogens with zero attached hydrogens (tertiary/aromatic N) is 4. The highest BCUT2D eigenvalue weighted by atomic mass is 35.5. The van der Waals surface area contributed by atoms with E-state index in [4.69, 9.17) is 42.7 Å². The molecule has 1 unspecified atom stereocenters. The third-order valence-corrected chi connectivity index (χ3v) is 9.80. The average Bonchev–Trinajstić information content (AvgIpc) is 3.57. The molecule has 262 valence electrons. The van der Waals surface area contributed by atoms with Crippen LogP contribution in [0.1, 0.15) is 91.1 Å². The van der Waals surface area contributed by atoms with Crippen molar-refractivity contribution in [3.05, 3.63) is 93.2 Å². The number of amides is 3. The van der Waals surface area contributed by atoms with E-state index >= 15 is 4.79 Å². The van der Waals surface area contributed by atoms with E-state index in [0.29, 0.717) is 53.3 Å². The SMILES string of the molecule is CCOc1cc(C(C)(C)C)ncc1C1=N[C@@](C)(c2ccc(Cl)cc2)C(C)(c2ccc(Cl)cc2)N1C(=O)N1CC[C@H](NC(=O)OC(C)(C)C)C1. The number of amidine groups is 1. The molecule has 3 aromatic rings. The van der Waals surface area contributed by atoms with Crippen LogP contribution in [-0.2, 0) is 21.2 Å². The monoisotopic (exact) mass is 707 g/mol. The van der Waals surface area contributed by atoms with E-state index < -0.39 is 22.8 Å². The summed E-state index contributed by atoms with van der Waals surface area (Å²) in [6.07, 6.45) is 1.82. The minimum Gasteiger partial charge on any atom is -0.493 e. The molecule has 3 amide bonds. The number of carbonyl (C=O) groups is 2. The van der Waals surface area contributed by atoms with Crippen LogP contribution in [0.5, 0.6) is 5.75 Å². The Morgan fingerprint density at radius 2 is 1.55 bits per heavy atom. The summed E-state index contributed by atoms with van der Waals surface area (Å²) >= 11 is 12.8. The van der Waals surface area contributed by atoms with Gasteiger partial charge in [0.15, 0.2) is 0 Å². The van der Waals surface area contributed by atoms with Crippen LogP contribution in [0, 0.1) is 0 Å². The van der Waals surface area contributed by atoms with Crippen LogP contribution in [0.3, 0.4) is 0 Å². The Kier molecular flexibility index (Phi) is 10.0. The number of pyridine rings is 1. The molecule has 1 aromatic heterocycles. The number of hydrogen-bond acceptors (Lipinski definition) is 6. The number of ether oxygens (including phenoxy) is 2. The third kappa shape index (κ3) is 7.24. The molecule has 1 N–H and O–H groups in total. The number of likely N-dealkylation sites (tertiary alicyclic amines) is 1. The highest BCUT2D eigenvalue weighted by Gasteiger charge is 2.60. The Morgan fingerprint density at radius 1 is 0.959 bits per heavy atom. The second kappa shape index (κ2) is 13.5. The van der Waals surface area contributed by atoms with Gasteiger partial charge in [-0.15, -0.1) is 0 Å². The van der Waals surface area contributed by atoms with Gasteiger partial charge < -0.3 is 19.7 Å². The number of nitrogens with one attached hydrogen (secondary N) is 1. The topological polar surface area (TPSA) is 96.4 Å². The van der Waals surface area contributed by atoms with Crippen molar-refractivity contribution in [2.24, 2.45) is 4.99 Å². The maximum atomic E-state index is 15.1. The Labute approximate surface area is 300 Å². The molecule has 0 bridgehead atoms. The second-order valence-electron chi connectivity index (χ2n) is 15.0. The molecule has 2 aromatic carbocycles. The zero-order valence-corrected chi connectivity index (χ0v) is 31.4. The highest BCUT2D eigenvalue weighted by molar-refractivity contribution is 6.30. The van der Waals surface area contributed by atoms with Gasteiger partial charge in [0.2, 0.25) is 0 Å². The van der Waals surface area contributed by atoms with Gasteiger partial charge >= 0.3 is 12.1 Å². The van der Waals surface area contributed by atoms with Crippen molar-refractivity contribution in [1.82, 2.24) is 20.1 Å². The summed E-state index contributed by atoms with van der Waals surface area (Å²) in [5.41, 5.74) is 0.207. The predicted molar refractivity (Wildman–Crippen MR) is 195 cm³/mol. The fourth-order valence-electron chi connectivity index (χ4n) is 6.52. The van der Waals surface area contributed by atoms with Gasteiger partial charge in [-0.1, -0.05) is 68.2 Å². The van der Waals surface area contributed by atoms with Gasteiger partial charge in [0.25, 0.3) is 0 Å². The first-order valence-corrected chi connectivity index (χ1v) is 17.5. The Morgan fingerprint density at radius 3 is 2.10 bits per heavy atom. The average molecular weight is 709 g/mol. The zero-order chi connectivity index (χ0) is 35.9. The number of hydrogen-bond donors (Lipinski definition) is 1. The molecule has 2 aliphatic heterocycles. The lowest BCUT2D eigenvalue weighted by Gasteiger charge is -2.46. The molecule has 1 fully saturated rings. The van der Waals surface area contributed by atoms with Crippen LogP contribution < -0.4 is 10.1 Å². The van der Waals surface area contributed by atoms with Crippen LogP contribution in [-0.4, -0.2) is 64.1 Å². The zero-order valence-electron chi connectivity index (χ0n) is 29.9. The van der Waals surface area contributed by atoms with Crippen molar-refractivity contribution in [3.8, 4) is 5.75 Å². The number of benzene rings is 2. The molecule has 5 rings (SSSR count). The number of carbonyl (C=O) groups excluding carboxylic acids is 2. The molecular formula is C38H47Cl2N5O4. The molecule has 0 saturated carbocycles. The summed E-state index contributed by atoms with van der Waals surface area (Å²) in [6, 6.07) is 16.5. The number of alkyl carbamates (subject to hydrolysis) is 1. The summed E-state index contributed by atoms with van der Waals surface area (Å²) < 4.78 is 11.8. The van der Waals surface area contributed by atoms with E-state index in [-0.39, 0.29) is 17.5 Å². The molecule has 0 spiro atoms. The predicted octanol–water partition coefficient (Wildman–Crippen LogP) is 8.70. The molecule has 3 heterocycles. The van der Waals surface area contributed by atoms with E-state index in [2.05, 4.69) is 26.1 Å². The lowest BCUT2D eigenvalue weighted by atomic mass is 9.71. The minimum absolute atomic E-state index is 0.237. The van der Waals surface area contributed by atoms with Crippen LogP contribution in [0.25, 0.3) is 0 Å². The normalized spacial score (nSPS) is 22.6. The molecule has 3 atom stereocenters. The van der Waals surface area contributed by atoms with Gasteiger partial charge in [-0.05, 0) is 83.4 Å². The number of aromatic nitrogens is 1. The summed E-state index contributed by atoms with van der Waals surface area (Å²) in [7, 11) is 0. The third-order valence-electron chi connectivity index (χ3n) is 9.30. The van der Waals surface area contributed by atoms with Crippen molar-refractivity contribution in [1.29, 1.82) is 0 Å². The molecule has 9 nitrogen and oxygen atoms in total. The van der Waals surface area contributed by atoms with E-state index in [1.165, 1.54) is 0 Å². The van der Waals surface area contributed by atoms with E-state index in [1.807, 2.05) is 96.1 Å². The summed E-state index contributed by atoms with van der Waals surface area (Å²) in [5.74, 6) is 1.02. The maximum absolute atomic E-state index is 15.1. The van der Waals surface area contributed by atoms with Gasteiger partial charge in [-0.3, -0.25) is 14.9 Å². The molecule has 2 aliphatic rings. The first kappa shape index (κ1) is 36.5. The number of urea groups is 1. The standard InChI is InChI=1S/C38H47Cl2N5O4/c1-10-48-30-21-31(35(2,3)4)41-22-29(30)32-43-37(8,24-11-15-26(39)16-12-24)38(9,25-13-17-27(40)18-14-25)45(32)34(47)44-20-19-28(23-44)42-33(46)49-36(5,6)7/h11-18,21-22,28H,10,19-20,23H2,1-9H3,(H,42,46)/t28-,37-,38?/m0/s1. The number of halogens is 2. The van der Waals surface area contributed by atoms with Gasteiger partial charge in [-0.25, -0.2) is 9.59 Å². The summed E-state index contributed by atoms with van der Waals surface area (Å²) in [4.78, 5) is 41.7. The van der Waals surface area contributed by atoms with Crippen molar-refractivity contribution in [3.63, 3.8) is 0 Å². The summed E-state index contributed by atoms with van der Waals surface area (Å²) in [6.45, 7) is 18.9. The van der Waals surface area contributed by atoms with E-state index in [1.54, 1.807) is 16.0 Å². The maximum Gasteiger partial charge on any atom is 0.407 e. The lowest BCUT2D eigenvalue weighted by molar-refractivity contribution is 0.0504. The molecule has 0 radical (unpaired) electrons. The molecule has 49 heavy (non-hydrogen) atoms. The molecular weight excluding hydrogens is 661 g/mol. The molecule has 11 heteroatoms. The molecule has 0 aliphatic carbocycles. The van der Waals surface area contributed by atoms with Crippen LogP contribution in [0.4, 0.5) is 9.59 Å². The van der Waals surface area contributed by atoms with Crippen LogP contribution >= 0.6 is 23.2 Å². The van der Waals surface area contributed by atoms with Crippen LogP contribution in [0.15, 0.2) is 65.8 Å². The smallest absolute Gasteiger partial charge is 0.407 e. The second-order valence-corrected chi connectivity index (χ2v) is 15.9. The quantitative estimate of drug-likeness (QED) is 0.277. The number of aliphatic imine (C=N–C) groups is 1. The largest absolute Gasteiger partial charge is 0.493 e.